The Kier molecular flexibility index (Phi) is 6.78. The van der Waals surface area contributed by atoms with E-state index in [9.17, 15) is 0 Å². The molecule has 0 aliphatic carbocycles. The van der Waals surface area contributed by atoms with Crippen LogP contribution in [0.25, 0.3) is 5.69 Å². The molecule has 0 atom stereocenters. The molecule has 0 saturated heterocycles. The molecule has 1 heterocycles. The molecule has 3 aromatic carbocycles. The highest BCUT2D eigenvalue weighted by Gasteiger charge is 2.16. The van der Waals surface area contributed by atoms with Gasteiger partial charge in [-0.05, 0) is 54.1 Å². The van der Waals surface area contributed by atoms with Crippen LogP contribution in [0.2, 0.25) is 10.0 Å². The van der Waals surface area contributed by atoms with Crippen molar-refractivity contribution >= 4 is 35.0 Å². The maximum absolute atomic E-state index is 8.94. The van der Waals surface area contributed by atoms with Gasteiger partial charge in [0.05, 0.1) is 11.6 Å². The van der Waals surface area contributed by atoms with E-state index in [1.54, 1.807) is 24.3 Å². The van der Waals surface area contributed by atoms with E-state index in [4.69, 9.17) is 33.2 Å². The molecular weight excluding hydrogens is 451 g/mol. The molecule has 0 amide bonds. The summed E-state index contributed by atoms with van der Waals surface area (Å²) in [7, 11) is 0. The number of halogens is 2. The molecule has 0 unspecified atom stereocenters. The fourth-order valence-electron chi connectivity index (χ4n) is 2.90. The van der Waals surface area contributed by atoms with Gasteiger partial charge in [0.2, 0.25) is 0 Å². The van der Waals surface area contributed by atoms with Crippen LogP contribution in [0.3, 0.4) is 0 Å². The molecule has 0 N–H and O–H groups in total. The normalized spacial score (nSPS) is 10.6. The van der Waals surface area contributed by atoms with Crippen molar-refractivity contribution < 1.29 is 4.74 Å². The average Bonchev–Trinajstić information content (AvgIpc) is 3.21. The van der Waals surface area contributed by atoms with Crippen LogP contribution in [-0.2, 0) is 12.4 Å². The maximum Gasteiger partial charge on any atom is 0.196 e. The number of benzene rings is 3. The molecule has 0 spiro atoms. The van der Waals surface area contributed by atoms with E-state index in [2.05, 4.69) is 16.3 Å². The number of rotatable bonds is 7. The zero-order chi connectivity index (χ0) is 21.6. The van der Waals surface area contributed by atoms with E-state index in [1.165, 1.54) is 11.8 Å². The van der Waals surface area contributed by atoms with Crippen molar-refractivity contribution in [2.45, 2.75) is 17.5 Å². The van der Waals surface area contributed by atoms with E-state index in [-0.39, 0.29) is 6.61 Å². The standard InChI is InChI=1S/C23H16Cl2N4OS/c24-20-7-4-8-21(25)19(20)15-31-23-28-27-22(29(23)17-5-2-1-3-6-17)14-30-18-11-9-16(13-26)10-12-18/h1-12H,14-15H2. The molecule has 0 saturated carbocycles. The van der Waals surface area contributed by atoms with Crippen molar-refractivity contribution in [2.24, 2.45) is 0 Å². The van der Waals surface area contributed by atoms with Gasteiger partial charge in [0.1, 0.15) is 12.4 Å². The van der Waals surface area contributed by atoms with Gasteiger partial charge in [-0.2, -0.15) is 5.26 Å². The number of aromatic nitrogens is 3. The topological polar surface area (TPSA) is 63.7 Å². The molecule has 0 fully saturated rings. The lowest BCUT2D eigenvalue weighted by atomic mass is 10.2. The summed E-state index contributed by atoms with van der Waals surface area (Å²) in [4.78, 5) is 0. The molecule has 4 aromatic rings. The van der Waals surface area contributed by atoms with Crippen LogP contribution < -0.4 is 4.74 Å². The van der Waals surface area contributed by atoms with E-state index < -0.39 is 0 Å². The first-order chi connectivity index (χ1) is 15.2. The van der Waals surface area contributed by atoms with Gasteiger partial charge in [-0.25, -0.2) is 0 Å². The zero-order valence-electron chi connectivity index (χ0n) is 16.2. The molecule has 0 radical (unpaired) electrons. The fraction of sp³-hybridized carbons (Fsp3) is 0.0870. The summed E-state index contributed by atoms with van der Waals surface area (Å²) in [6, 6.07) is 24.4. The van der Waals surface area contributed by atoms with Gasteiger partial charge in [0.25, 0.3) is 0 Å². The van der Waals surface area contributed by atoms with Crippen LogP contribution in [-0.4, -0.2) is 14.8 Å². The van der Waals surface area contributed by atoms with E-state index in [1.807, 2.05) is 53.1 Å². The van der Waals surface area contributed by atoms with Gasteiger partial charge >= 0.3 is 0 Å². The number of thioether (sulfide) groups is 1. The van der Waals surface area contributed by atoms with Crippen molar-refractivity contribution in [3.8, 4) is 17.5 Å². The Morgan fingerprint density at radius 2 is 1.61 bits per heavy atom. The first-order valence-electron chi connectivity index (χ1n) is 9.34. The number of ether oxygens (including phenoxy) is 1. The summed E-state index contributed by atoms with van der Waals surface area (Å²) in [5.41, 5.74) is 2.37. The van der Waals surface area contributed by atoms with Crippen LogP contribution in [0.15, 0.2) is 78.0 Å². The van der Waals surface area contributed by atoms with Crippen molar-refractivity contribution in [2.75, 3.05) is 0 Å². The Balaban J connectivity index is 1.59. The number of para-hydroxylation sites is 1. The van der Waals surface area contributed by atoms with Crippen LogP contribution >= 0.6 is 35.0 Å². The molecule has 0 bridgehead atoms. The highest BCUT2D eigenvalue weighted by atomic mass is 35.5. The second kappa shape index (κ2) is 9.88. The Hall–Kier alpha value is -2.98. The number of hydrogen-bond donors (Lipinski definition) is 0. The monoisotopic (exact) mass is 466 g/mol. The van der Waals surface area contributed by atoms with Gasteiger partial charge in [-0.3, -0.25) is 4.57 Å². The first kappa shape index (κ1) is 21.3. The largest absolute Gasteiger partial charge is 0.486 e. The van der Waals surface area contributed by atoms with Crippen LogP contribution in [0, 0.1) is 11.3 Å². The smallest absolute Gasteiger partial charge is 0.196 e. The predicted molar refractivity (Wildman–Crippen MR) is 123 cm³/mol. The predicted octanol–water partition coefficient (Wildman–Crippen LogP) is 6.32. The quantitative estimate of drug-likeness (QED) is 0.298. The third kappa shape index (κ3) is 5.02. The van der Waals surface area contributed by atoms with Crippen molar-refractivity contribution in [1.82, 2.24) is 14.8 Å². The lowest BCUT2D eigenvalue weighted by Crippen LogP contribution is -2.06. The van der Waals surface area contributed by atoms with Crippen LogP contribution in [0.4, 0.5) is 0 Å². The fourth-order valence-corrected chi connectivity index (χ4v) is 4.62. The Morgan fingerprint density at radius 3 is 2.29 bits per heavy atom. The summed E-state index contributed by atoms with van der Waals surface area (Å²) in [6.45, 7) is 0.223. The molecule has 1 aromatic heterocycles. The van der Waals surface area contributed by atoms with Crippen molar-refractivity contribution in [3.05, 3.63) is 99.8 Å². The van der Waals surface area contributed by atoms with Gasteiger partial charge < -0.3 is 4.74 Å². The molecule has 0 aliphatic rings. The molecule has 5 nitrogen and oxygen atoms in total. The summed E-state index contributed by atoms with van der Waals surface area (Å²) in [6.07, 6.45) is 0. The molecule has 8 heteroatoms. The van der Waals surface area contributed by atoms with Gasteiger partial charge in [0.15, 0.2) is 11.0 Å². The molecule has 31 heavy (non-hydrogen) atoms. The minimum absolute atomic E-state index is 0.223. The lowest BCUT2D eigenvalue weighted by molar-refractivity contribution is 0.293. The van der Waals surface area contributed by atoms with Crippen molar-refractivity contribution in [1.29, 1.82) is 5.26 Å². The van der Waals surface area contributed by atoms with E-state index in [0.29, 0.717) is 38.1 Å². The van der Waals surface area contributed by atoms with Gasteiger partial charge in [-0.1, -0.05) is 59.2 Å². The molecule has 4 rings (SSSR count). The number of hydrogen-bond acceptors (Lipinski definition) is 5. The van der Waals surface area contributed by atoms with Crippen molar-refractivity contribution in [3.63, 3.8) is 0 Å². The Morgan fingerprint density at radius 1 is 0.903 bits per heavy atom. The number of nitrogens with zero attached hydrogens (tertiary/aromatic N) is 4. The Bertz CT molecular complexity index is 1200. The van der Waals surface area contributed by atoms with E-state index in [0.717, 1.165) is 11.3 Å². The second-order valence-electron chi connectivity index (χ2n) is 6.48. The summed E-state index contributed by atoms with van der Waals surface area (Å²) in [5.74, 6) is 1.86. The summed E-state index contributed by atoms with van der Waals surface area (Å²) in [5, 5.41) is 19.6. The average molecular weight is 467 g/mol. The number of nitriles is 1. The molecular formula is C23H16Cl2N4OS. The third-order valence-corrected chi connectivity index (χ3v) is 6.14. The van der Waals surface area contributed by atoms with Gasteiger partial charge in [-0.15, -0.1) is 10.2 Å². The molecule has 0 aliphatic heterocycles. The second-order valence-corrected chi connectivity index (χ2v) is 8.24. The maximum atomic E-state index is 8.94. The lowest BCUT2D eigenvalue weighted by Gasteiger charge is -2.12. The zero-order valence-corrected chi connectivity index (χ0v) is 18.5. The third-order valence-electron chi connectivity index (χ3n) is 4.47. The van der Waals surface area contributed by atoms with E-state index >= 15 is 0 Å². The Labute approximate surface area is 194 Å². The minimum Gasteiger partial charge on any atom is -0.486 e. The van der Waals surface area contributed by atoms with Crippen LogP contribution in [0.5, 0.6) is 5.75 Å². The highest BCUT2D eigenvalue weighted by Crippen LogP contribution is 2.32. The van der Waals surface area contributed by atoms with Crippen LogP contribution in [0.1, 0.15) is 17.0 Å². The highest BCUT2D eigenvalue weighted by molar-refractivity contribution is 7.98. The SMILES string of the molecule is N#Cc1ccc(OCc2nnc(SCc3c(Cl)cccc3Cl)n2-c2ccccc2)cc1. The summed E-state index contributed by atoms with van der Waals surface area (Å²) < 4.78 is 7.84. The molecule has 154 valence electrons. The minimum atomic E-state index is 0.223. The first-order valence-corrected chi connectivity index (χ1v) is 11.1. The summed E-state index contributed by atoms with van der Waals surface area (Å²) >= 11 is 14.1. The van der Waals surface area contributed by atoms with Gasteiger partial charge in [0, 0.05) is 21.5 Å².